The Morgan fingerprint density at radius 1 is 1.03 bits per heavy atom. The number of methoxy groups -OCH3 is 2. The molecule has 39 heavy (non-hydrogen) atoms. The zero-order valence-corrected chi connectivity index (χ0v) is 23.2. The van der Waals surface area contributed by atoms with Gasteiger partial charge in [0, 0.05) is 11.3 Å². The Labute approximate surface area is 234 Å². The van der Waals surface area contributed by atoms with Gasteiger partial charge in [-0.15, -0.1) is 0 Å². The highest BCUT2D eigenvalue weighted by Gasteiger charge is 2.16. The third-order valence-corrected chi connectivity index (χ3v) is 6.72. The molecule has 196 valence electrons. The molecule has 0 bridgehead atoms. The average Bonchev–Trinajstić information content (AvgIpc) is 2.95. The van der Waals surface area contributed by atoms with Gasteiger partial charge in [-0.05, 0) is 87.2 Å². The monoisotopic (exact) mass is 584 g/mol. The third kappa shape index (κ3) is 6.28. The van der Waals surface area contributed by atoms with Crippen molar-refractivity contribution in [2.24, 2.45) is 0 Å². The molecule has 0 fully saturated rings. The largest absolute Gasteiger partial charge is 0.493 e. The molecule has 0 aliphatic rings. The molecule has 0 unspecified atom stereocenters. The van der Waals surface area contributed by atoms with Crippen LogP contribution in [-0.2, 0) is 16.1 Å². The summed E-state index contributed by atoms with van der Waals surface area (Å²) in [6.07, 6.45) is 1.46. The maximum absolute atomic E-state index is 12.8. The lowest BCUT2D eigenvalue weighted by Crippen LogP contribution is -2.13. The van der Waals surface area contributed by atoms with E-state index in [1.54, 1.807) is 24.3 Å². The van der Waals surface area contributed by atoms with Gasteiger partial charge in [0.2, 0.25) is 0 Å². The fourth-order valence-electron chi connectivity index (χ4n) is 4.07. The number of carbonyl (C=O) groups is 2. The number of hydrogen-bond acceptors (Lipinski definition) is 6. The van der Waals surface area contributed by atoms with Crippen LogP contribution >= 0.6 is 15.9 Å². The standard InChI is InChI=1S/C31H25BrN2O5/c1-19-8-9-21-6-4-5-7-25(21)26(19)18-39-29-27(32)15-20(16-28(29)37-2)14-23(17-33)30(35)34-24-12-10-22(11-13-24)31(36)38-3/h4-16H,18H2,1-3H3,(H,34,35)/b23-14+. The van der Waals surface area contributed by atoms with Crippen molar-refractivity contribution in [2.75, 3.05) is 19.5 Å². The second kappa shape index (κ2) is 12.3. The highest BCUT2D eigenvalue weighted by atomic mass is 79.9. The number of anilines is 1. The van der Waals surface area contributed by atoms with Crippen molar-refractivity contribution in [1.82, 2.24) is 0 Å². The maximum atomic E-state index is 12.8. The first kappa shape index (κ1) is 27.4. The minimum atomic E-state index is -0.592. The maximum Gasteiger partial charge on any atom is 0.337 e. The third-order valence-electron chi connectivity index (χ3n) is 6.13. The number of amides is 1. The minimum absolute atomic E-state index is 0.110. The van der Waals surface area contributed by atoms with Gasteiger partial charge in [-0.25, -0.2) is 4.79 Å². The van der Waals surface area contributed by atoms with Gasteiger partial charge in [-0.2, -0.15) is 5.26 Å². The molecule has 0 aliphatic heterocycles. The molecule has 1 amide bonds. The number of fused-ring (bicyclic) bond motifs is 1. The summed E-state index contributed by atoms with van der Waals surface area (Å²) >= 11 is 3.55. The second-order valence-electron chi connectivity index (χ2n) is 8.60. The van der Waals surface area contributed by atoms with Crippen LogP contribution in [0.3, 0.4) is 0 Å². The fourth-order valence-corrected chi connectivity index (χ4v) is 4.64. The summed E-state index contributed by atoms with van der Waals surface area (Å²) in [5, 5.41) is 14.6. The zero-order valence-electron chi connectivity index (χ0n) is 21.6. The van der Waals surface area contributed by atoms with Crippen LogP contribution in [0, 0.1) is 18.3 Å². The number of rotatable bonds is 8. The van der Waals surface area contributed by atoms with Crippen molar-refractivity contribution in [2.45, 2.75) is 13.5 Å². The summed E-state index contributed by atoms with van der Waals surface area (Å²) in [7, 11) is 2.82. The van der Waals surface area contributed by atoms with Gasteiger partial charge in [-0.1, -0.05) is 36.4 Å². The molecule has 4 rings (SSSR count). The van der Waals surface area contributed by atoms with Crippen molar-refractivity contribution in [3.63, 3.8) is 0 Å². The highest BCUT2D eigenvalue weighted by molar-refractivity contribution is 9.10. The highest BCUT2D eigenvalue weighted by Crippen LogP contribution is 2.38. The van der Waals surface area contributed by atoms with E-state index in [0.717, 1.165) is 21.9 Å². The van der Waals surface area contributed by atoms with Crippen LogP contribution in [0.5, 0.6) is 11.5 Å². The molecule has 0 aromatic heterocycles. The molecular formula is C31H25BrN2O5. The zero-order chi connectivity index (χ0) is 27.9. The van der Waals surface area contributed by atoms with Crippen molar-refractivity contribution in [3.8, 4) is 17.6 Å². The average molecular weight is 585 g/mol. The fraction of sp³-hybridized carbons (Fsp3) is 0.129. The summed E-state index contributed by atoms with van der Waals surface area (Å²) in [6.45, 7) is 2.38. The topological polar surface area (TPSA) is 97.7 Å². The Morgan fingerprint density at radius 3 is 2.46 bits per heavy atom. The molecule has 0 saturated heterocycles. The lowest BCUT2D eigenvalue weighted by Gasteiger charge is -2.16. The van der Waals surface area contributed by atoms with Crippen molar-refractivity contribution in [1.29, 1.82) is 5.26 Å². The van der Waals surface area contributed by atoms with E-state index in [1.807, 2.05) is 25.1 Å². The molecule has 0 aliphatic carbocycles. The molecule has 0 atom stereocenters. The van der Waals surface area contributed by atoms with Gasteiger partial charge in [0.05, 0.1) is 24.3 Å². The lowest BCUT2D eigenvalue weighted by atomic mass is 10.0. The van der Waals surface area contributed by atoms with Gasteiger partial charge in [0.1, 0.15) is 18.2 Å². The molecule has 0 saturated carbocycles. The summed E-state index contributed by atoms with van der Waals surface area (Å²) < 4.78 is 17.1. The smallest absolute Gasteiger partial charge is 0.337 e. The molecule has 0 radical (unpaired) electrons. The summed E-state index contributed by atoms with van der Waals surface area (Å²) in [4.78, 5) is 24.4. The molecule has 1 N–H and O–H groups in total. The number of halogens is 1. The van der Waals surface area contributed by atoms with Crippen LogP contribution in [0.4, 0.5) is 5.69 Å². The number of nitrogens with zero attached hydrogens (tertiary/aromatic N) is 1. The van der Waals surface area contributed by atoms with Crippen LogP contribution in [0.2, 0.25) is 0 Å². The Kier molecular flexibility index (Phi) is 8.64. The van der Waals surface area contributed by atoms with E-state index in [0.29, 0.717) is 39.4 Å². The SMILES string of the molecule is COC(=O)c1ccc(NC(=O)/C(C#N)=C/c2cc(Br)c(OCc3c(C)ccc4ccccc34)c(OC)c2)cc1. The number of ether oxygens (including phenoxy) is 3. The number of nitriles is 1. The summed E-state index contributed by atoms with van der Waals surface area (Å²) in [5.74, 6) is -0.116. The van der Waals surface area contributed by atoms with E-state index in [2.05, 4.69) is 50.2 Å². The van der Waals surface area contributed by atoms with E-state index < -0.39 is 11.9 Å². The number of aryl methyl sites for hydroxylation is 1. The van der Waals surface area contributed by atoms with E-state index in [9.17, 15) is 14.9 Å². The van der Waals surface area contributed by atoms with Gasteiger partial charge in [-0.3, -0.25) is 4.79 Å². The van der Waals surface area contributed by atoms with Crippen LogP contribution in [-0.4, -0.2) is 26.1 Å². The quantitative estimate of drug-likeness (QED) is 0.138. The Morgan fingerprint density at radius 2 is 1.77 bits per heavy atom. The first-order valence-corrected chi connectivity index (χ1v) is 12.7. The predicted molar refractivity (Wildman–Crippen MR) is 154 cm³/mol. The number of esters is 1. The van der Waals surface area contributed by atoms with Crippen molar-refractivity contribution in [3.05, 3.63) is 105 Å². The van der Waals surface area contributed by atoms with Crippen LogP contribution in [0.15, 0.2) is 82.8 Å². The molecular weight excluding hydrogens is 560 g/mol. The second-order valence-corrected chi connectivity index (χ2v) is 9.45. The first-order chi connectivity index (χ1) is 18.8. The molecule has 0 spiro atoms. The Bertz CT molecular complexity index is 1620. The van der Waals surface area contributed by atoms with Crippen LogP contribution < -0.4 is 14.8 Å². The van der Waals surface area contributed by atoms with E-state index in [4.69, 9.17) is 9.47 Å². The lowest BCUT2D eigenvalue weighted by molar-refractivity contribution is -0.112. The van der Waals surface area contributed by atoms with Crippen LogP contribution in [0.25, 0.3) is 16.8 Å². The number of nitrogens with one attached hydrogen (secondary N) is 1. The van der Waals surface area contributed by atoms with E-state index in [-0.39, 0.29) is 5.57 Å². The predicted octanol–water partition coefficient (Wildman–Crippen LogP) is 6.83. The first-order valence-electron chi connectivity index (χ1n) is 11.9. The van der Waals surface area contributed by atoms with Gasteiger partial charge < -0.3 is 19.5 Å². The molecule has 0 heterocycles. The van der Waals surface area contributed by atoms with Gasteiger partial charge >= 0.3 is 5.97 Å². The van der Waals surface area contributed by atoms with E-state index >= 15 is 0 Å². The van der Waals surface area contributed by atoms with Gasteiger partial charge in [0.15, 0.2) is 11.5 Å². The molecule has 7 nitrogen and oxygen atoms in total. The Balaban J connectivity index is 1.55. The van der Waals surface area contributed by atoms with E-state index in [1.165, 1.54) is 32.4 Å². The van der Waals surface area contributed by atoms with Crippen LogP contribution in [0.1, 0.15) is 27.0 Å². The number of benzene rings is 4. The Hall–Kier alpha value is -4.61. The summed E-state index contributed by atoms with van der Waals surface area (Å²) in [6, 6.07) is 23.9. The summed E-state index contributed by atoms with van der Waals surface area (Å²) in [5.41, 5.74) is 3.43. The minimum Gasteiger partial charge on any atom is -0.493 e. The van der Waals surface area contributed by atoms with Crippen molar-refractivity contribution >= 4 is 50.3 Å². The molecule has 8 heteroatoms. The molecule has 4 aromatic rings. The normalized spacial score (nSPS) is 11.0. The van der Waals surface area contributed by atoms with Gasteiger partial charge in [0.25, 0.3) is 5.91 Å². The molecule has 4 aromatic carbocycles. The number of carbonyl (C=O) groups excluding carboxylic acids is 2. The van der Waals surface area contributed by atoms with Crippen molar-refractivity contribution < 1.29 is 23.8 Å². The number of hydrogen-bond donors (Lipinski definition) is 1.